The van der Waals surface area contributed by atoms with E-state index < -0.39 is 0 Å². The molecule has 1 aromatic heterocycles. The second-order valence-corrected chi connectivity index (χ2v) is 4.29. The van der Waals surface area contributed by atoms with Gasteiger partial charge in [0.15, 0.2) is 0 Å². The Morgan fingerprint density at radius 2 is 2.11 bits per heavy atom. The molecule has 1 aliphatic heterocycles. The highest BCUT2D eigenvalue weighted by Crippen LogP contribution is 2.05. The van der Waals surface area contributed by atoms with E-state index in [-0.39, 0.29) is 12.5 Å². The number of carbonyl (C=O) groups excluding carboxylic acids is 1. The molecule has 6 heteroatoms. The molecular weight excluding hydrogens is 232 g/mol. The van der Waals surface area contributed by atoms with Gasteiger partial charge in [-0.15, -0.1) is 0 Å². The van der Waals surface area contributed by atoms with Gasteiger partial charge in [-0.2, -0.15) is 0 Å². The van der Waals surface area contributed by atoms with E-state index in [9.17, 15) is 4.79 Å². The van der Waals surface area contributed by atoms with Gasteiger partial charge in [-0.05, 0) is 13.8 Å². The van der Waals surface area contributed by atoms with Crippen LogP contribution in [0.25, 0.3) is 0 Å². The Morgan fingerprint density at radius 1 is 1.39 bits per heavy atom. The number of nitrogens with one attached hydrogen (secondary N) is 1. The third-order valence-corrected chi connectivity index (χ3v) is 2.75. The molecule has 2 rings (SSSR count). The number of ether oxygens (including phenoxy) is 1. The average molecular weight is 250 g/mol. The number of nitrogens with zero attached hydrogens (tertiary/aromatic N) is 3. The van der Waals surface area contributed by atoms with Crippen molar-refractivity contribution in [1.82, 2.24) is 14.9 Å². The van der Waals surface area contributed by atoms with Gasteiger partial charge in [0.05, 0.1) is 19.8 Å². The standard InChI is InChI=1S/C12H18N4O2/c1-9-7-11(15-10(2)14-9)13-8-12(17)16-3-5-18-6-4-16/h7H,3-6,8H2,1-2H3,(H,13,14,15). The summed E-state index contributed by atoms with van der Waals surface area (Å²) < 4.78 is 5.21. The SMILES string of the molecule is Cc1cc(NCC(=O)N2CCOCC2)nc(C)n1. The molecule has 2 heterocycles. The fraction of sp³-hybridized carbons (Fsp3) is 0.583. The maximum atomic E-state index is 11.9. The average Bonchev–Trinajstić information content (AvgIpc) is 2.36. The summed E-state index contributed by atoms with van der Waals surface area (Å²) in [5.41, 5.74) is 0.892. The Kier molecular flexibility index (Phi) is 4.09. The molecule has 1 saturated heterocycles. The van der Waals surface area contributed by atoms with Gasteiger partial charge in [0, 0.05) is 24.8 Å². The van der Waals surface area contributed by atoms with Crippen molar-refractivity contribution in [2.24, 2.45) is 0 Å². The van der Waals surface area contributed by atoms with Gasteiger partial charge in [0.25, 0.3) is 0 Å². The van der Waals surface area contributed by atoms with E-state index in [4.69, 9.17) is 4.74 Å². The van der Waals surface area contributed by atoms with Gasteiger partial charge in [0.1, 0.15) is 11.6 Å². The second-order valence-electron chi connectivity index (χ2n) is 4.29. The zero-order chi connectivity index (χ0) is 13.0. The molecule has 6 nitrogen and oxygen atoms in total. The van der Waals surface area contributed by atoms with Gasteiger partial charge >= 0.3 is 0 Å². The third-order valence-electron chi connectivity index (χ3n) is 2.75. The first-order valence-corrected chi connectivity index (χ1v) is 6.07. The van der Waals surface area contributed by atoms with Crippen LogP contribution in [0.3, 0.4) is 0 Å². The summed E-state index contributed by atoms with van der Waals surface area (Å²) in [6, 6.07) is 1.83. The molecule has 0 bridgehead atoms. The predicted molar refractivity (Wildman–Crippen MR) is 67.4 cm³/mol. The van der Waals surface area contributed by atoms with Gasteiger partial charge in [-0.1, -0.05) is 0 Å². The fourth-order valence-electron chi connectivity index (χ4n) is 1.90. The molecule has 1 fully saturated rings. The number of amides is 1. The summed E-state index contributed by atoms with van der Waals surface area (Å²) in [6.07, 6.45) is 0. The van der Waals surface area contributed by atoms with Crippen LogP contribution < -0.4 is 5.32 Å². The van der Waals surface area contributed by atoms with Crippen LogP contribution in [-0.2, 0) is 9.53 Å². The van der Waals surface area contributed by atoms with Crippen molar-refractivity contribution < 1.29 is 9.53 Å². The summed E-state index contributed by atoms with van der Waals surface area (Å²) in [7, 11) is 0. The first kappa shape index (κ1) is 12.8. The zero-order valence-electron chi connectivity index (χ0n) is 10.8. The first-order chi connectivity index (χ1) is 8.65. The van der Waals surface area contributed by atoms with Crippen molar-refractivity contribution in [3.63, 3.8) is 0 Å². The molecule has 98 valence electrons. The third kappa shape index (κ3) is 3.40. The molecular formula is C12H18N4O2. The lowest BCUT2D eigenvalue weighted by atomic mass is 10.3. The number of aryl methyl sites for hydroxylation is 2. The molecule has 0 radical (unpaired) electrons. The monoisotopic (exact) mass is 250 g/mol. The van der Waals surface area contributed by atoms with Crippen LogP contribution >= 0.6 is 0 Å². The number of morpholine rings is 1. The molecule has 1 N–H and O–H groups in total. The summed E-state index contributed by atoms with van der Waals surface area (Å²) in [4.78, 5) is 22.1. The Labute approximate surface area is 106 Å². The largest absolute Gasteiger partial charge is 0.378 e. The van der Waals surface area contributed by atoms with E-state index in [1.54, 1.807) is 4.90 Å². The van der Waals surface area contributed by atoms with E-state index in [0.29, 0.717) is 37.9 Å². The van der Waals surface area contributed by atoms with Crippen molar-refractivity contribution in [3.05, 3.63) is 17.6 Å². The summed E-state index contributed by atoms with van der Waals surface area (Å²) >= 11 is 0. The van der Waals surface area contributed by atoms with Crippen molar-refractivity contribution in [2.75, 3.05) is 38.2 Å². The minimum atomic E-state index is 0.0761. The normalized spacial score (nSPS) is 15.6. The minimum absolute atomic E-state index is 0.0761. The molecule has 1 amide bonds. The molecule has 1 aliphatic rings. The highest BCUT2D eigenvalue weighted by molar-refractivity contribution is 5.80. The van der Waals surface area contributed by atoms with Crippen LogP contribution in [0.2, 0.25) is 0 Å². The summed E-state index contributed by atoms with van der Waals surface area (Å²) in [5.74, 6) is 1.48. The van der Waals surface area contributed by atoms with Crippen LogP contribution in [0.4, 0.5) is 5.82 Å². The Hall–Kier alpha value is -1.69. The Balaban J connectivity index is 1.88. The number of hydrogen-bond donors (Lipinski definition) is 1. The van der Waals surface area contributed by atoms with Gasteiger partial charge < -0.3 is 15.0 Å². The van der Waals surface area contributed by atoms with E-state index in [2.05, 4.69) is 15.3 Å². The van der Waals surface area contributed by atoms with Crippen molar-refractivity contribution in [1.29, 1.82) is 0 Å². The van der Waals surface area contributed by atoms with Gasteiger partial charge in [0.2, 0.25) is 5.91 Å². The lowest BCUT2D eigenvalue weighted by molar-refractivity contribution is -0.133. The number of hydrogen-bond acceptors (Lipinski definition) is 5. The lowest BCUT2D eigenvalue weighted by Crippen LogP contribution is -2.43. The van der Waals surface area contributed by atoms with Gasteiger partial charge in [-0.25, -0.2) is 9.97 Å². The molecule has 0 atom stereocenters. The number of aromatic nitrogens is 2. The topological polar surface area (TPSA) is 67.4 Å². The van der Waals surface area contributed by atoms with Crippen LogP contribution in [-0.4, -0.2) is 53.6 Å². The lowest BCUT2D eigenvalue weighted by Gasteiger charge is -2.26. The predicted octanol–water partition coefficient (Wildman–Crippen LogP) is 0.364. The van der Waals surface area contributed by atoms with E-state index in [1.807, 2.05) is 19.9 Å². The highest BCUT2D eigenvalue weighted by Gasteiger charge is 2.16. The minimum Gasteiger partial charge on any atom is -0.378 e. The molecule has 0 spiro atoms. The number of anilines is 1. The van der Waals surface area contributed by atoms with Crippen LogP contribution in [0.5, 0.6) is 0 Å². The Bertz CT molecular complexity index is 410. The quantitative estimate of drug-likeness (QED) is 0.839. The van der Waals surface area contributed by atoms with Crippen LogP contribution in [0, 0.1) is 13.8 Å². The van der Waals surface area contributed by atoms with E-state index in [0.717, 1.165) is 5.69 Å². The van der Waals surface area contributed by atoms with Crippen LogP contribution in [0.1, 0.15) is 11.5 Å². The van der Waals surface area contributed by atoms with Crippen molar-refractivity contribution >= 4 is 11.7 Å². The van der Waals surface area contributed by atoms with Crippen LogP contribution in [0.15, 0.2) is 6.07 Å². The first-order valence-electron chi connectivity index (χ1n) is 6.07. The molecule has 1 aromatic rings. The maximum Gasteiger partial charge on any atom is 0.242 e. The summed E-state index contributed by atoms with van der Waals surface area (Å²) in [5, 5.41) is 3.04. The van der Waals surface area contributed by atoms with Gasteiger partial charge in [-0.3, -0.25) is 4.79 Å². The zero-order valence-corrected chi connectivity index (χ0v) is 10.8. The van der Waals surface area contributed by atoms with E-state index >= 15 is 0 Å². The summed E-state index contributed by atoms with van der Waals surface area (Å²) in [6.45, 7) is 6.58. The number of carbonyl (C=O) groups is 1. The number of rotatable bonds is 3. The molecule has 0 saturated carbocycles. The fourth-order valence-corrected chi connectivity index (χ4v) is 1.90. The highest BCUT2D eigenvalue weighted by atomic mass is 16.5. The van der Waals surface area contributed by atoms with E-state index in [1.165, 1.54) is 0 Å². The molecule has 0 aromatic carbocycles. The van der Waals surface area contributed by atoms with Crippen molar-refractivity contribution in [3.8, 4) is 0 Å². The Morgan fingerprint density at radius 3 is 2.78 bits per heavy atom. The molecule has 0 unspecified atom stereocenters. The van der Waals surface area contributed by atoms with Crippen molar-refractivity contribution in [2.45, 2.75) is 13.8 Å². The second kappa shape index (κ2) is 5.77. The molecule has 0 aliphatic carbocycles. The molecule has 18 heavy (non-hydrogen) atoms. The maximum absolute atomic E-state index is 11.9. The smallest absolute Gasteiger partial charge is 0.242 e.